The molecule has 84 valence electrons. The van der Waals surface area contributed by atoms with E-state index in [1.165, 1.54) is 30.8 Å². The molecule has 0 spiro atoms. The summed E-state index contributed by atoms with van der Waals surface area (Å²) >= 11 is 2.02. The third kappa shape index (κ3) is 4.67. The smallest absolute Gasteiger partial charge is 0.0645 e. The van der Waals surface area contributed by atoms with Crippen molar-refractivity contribution in [3.63, 3.8) is 0 Å². The van der Waals surface area contributed by atoms with E-state index in [-0.39, 0.29) is 5.54 Å². The molecule has 0 amide bonds. The second kappa shape index (κ2) is 6.70. The Bertz CT molecular complexity index is 146. The first-order valence-corrected chi connectivity index (χ1v) is 6.83. The average molecular weight is 217 g/mol. The first-order chi connectivity index (χ1) is 6.77. The molecule has 0 aliphatic carbocycles. The van der Waals surface area contributed by atoms with Gasteiger partial charge in [-0.2, -0.15) is 11.8 Å². The molecule has 1 fully saturated rings. The molecule has 0 bridgehead atoms. The summed E-state index contributed by atoms with van der Waals surface area (Å²) in [6, 6.07) is 0. The Morgan fingerprint density at radius 2 is 2.36 bits per heavy atom. The molecule has 0 saturated carbocycles. The van der Waals surface area contributed by atoms with E-state index in [0.29, 0.717) is 0 Å². The van der Waals surface area contributed by atoms with Gasteiger partial charge in [0.05, 0.1) is 6.61 Å². The second-order valence-corrected chi connectivity index (χ2v) is 5.59. The molecule has 1 aliphatic heterocycles. The van der Waals surface area contributed by atoms with Crippen LogP contribution in [0, 0.1) is 0 Å². The number of thioether (sulfide) groups is 1. The third-order valence-electron chi connectivity index (χ3n) is 2.66. The Balaban J connectivity index is 2.03. The fraction of sp³-hybridized carbons (Fsp3) is 1.00. The van der Waals surface area contributed by atoms with Crippen molar-refractivity contribution in [2.75, 3.05) is 31.3 Å². The predicted molar refractivity (Wildman–Crippen MR) is 64.1 cm³/mol. The van der Waals surface area contributed by atoms with Gasteiger partial charge in [0.1, 0.15) is 0 Å². The van der Waals surface area contributed by atoms with Crippen LogP contribution in [0.2, 0.25) is 0 Å². The Labute approximate surface area is 92.2 Å². The summed E-state index contributed by atoms with van der Waals surface area (Å²) < 4.78 is 5.50. The summed E-state index contributed by atoms with van der Waals surface area (Å²) in [5.41, 5.74) is 0.245. The number of ether oxygens (including phenoxy) is 1. The minimum Gasteiger partial charge on any atom is -0.380 e. The van der Waals surface area contributed by atoms with Crippen LogP contribution in [0.1, 0.15) is 33.1 Å². The fourth-order valence-corrected chi connectivity index (χ4v) is 2.42. The van der Waals surface area contributed by atoms with E-state index in [0.717, 1.165) is 19.8 Å². The van der Waals surface area contributed by atoms with E-state index in [9.17, 15) is 0 Å². The van der Waals surface area contributed by atoms with Crippen molar-refractivity contribution in [1.29, 1.82) is 0 Å². The molecule has 0 aromatic heterocycles. The Hall–Kier alpha value is 0.270. The van der Waals surface area contributed by atoms with E-state index in [2.05, 4.69) is 19.2 Å². The van der Waals surface area contributed by atoms with Gasteiger partial charge in [0, 0.05) is 12.1 Å². The maximum Gasteiger partial charge on any atom is 0.0645 e. The minimum absolute atomic E-state index is 0.245. The molecule has 1 N–H and O–H groups in total. The van der Waals surface area contributed by atoms with Gasteiger partial charge in [-0.1, -0.05) is 6.92 Å². The molecule has 3 heteroatoms. The molecule has 0 aromatic rings. The molecule has 0 aromatic carbocycles. The summed E-state index contributed by atoms with van der Waals surface area (Å²) in [5.74, 6) is 2.51. The zero-order valence-electron chi connectivity index (χ0n) is 9.47. The van der Waals surface area contributed by atoms with Crippen LogP contribution in [0.25, 0.3) is 0 Å². The molecular formula is C11H23NOS. The van der Waals surface area contributed by atoms with E-state index in [1.807, 2.05) is 11.8 Å². The van der Waals surface area contributed by atoms with Gasteiger partial charge < -0.3 is 10.1 Å². The van der Waals surface area contributed by atoms with E-state index < -0.39 is 0 Å². The third-order valence-corrected chi connectivity index (χ3v) is 3.64. The topological polar surface area (TPSA) is 21.3 Å². The van der Waals surface area contributed by atoms with Gasteiger partial charge in [-0.25, -0.2) is 0 Å². The summed E-state index contributed by atoms with van der Waals surface area (Å²) in [6.07, 6.45) is 3.73. The van der Waals surface area contributed by atoms with Gasteiger partial charge in [-0.3, -0.25) is 0 Å². The molecule has 1 atom stereocenters. The molecule has 1 heterocycles. The maximum atomic E-state index is 5.50. The highest BCUT2D eigenvalue weighted by molar-refractivity contribution is 7.99. The average Bonchev–Trinajstić information content (AvgIpc) is 2.18. The molecule has 1 aliphatic rings. The maximum absolute atomic E-state index is 5.50. The summed E-state index contributed by atoms with van der Waals surface area (Å²) in [7, 11) is 0. The molecule has 14 heavy (non-hydrogen) atoms. The highest BCUT2D eigenvalue weighted by Gasteiger charge is 2.26. The Morgan fingerprint density at radius 1 is 1.50 bits per heavy atom. The van der Waals surface area contributed by atoms with E-state index in [4.69, 9.17) is 4.74 Å². The van der Waals surface area contributed by atoms with Gasteiger partial charge in [0.15, 0.2) is 0 Å². The van der Waals surface area contributed by atoms with Crippen molar-refractivity contribution in [2.24, 2.45) is 0 Å². The van der Waals surface area contributed by atoms with Gasteiger partial charge in [0.2, 0.25) is 0 Å². The summed E-state index contributed by atoms with van der Waals surface area (Å²) in [4.78, 5) is 0. The van der Waals surface area contributed by atoms with Crippen LogP contribution in [0.3, 0.4) is 0 Å². The molecule has 0 radical (unpaired) electrons. The summed E-state index contributed by atoms with van der Waals surface area (Å²) in [5, 5.41) is 3.62. The van der Waals surface area contributed by atoms with E-state index >= 15 is 0 Å². The Kier molecular flexibility index (Phi) is 5.90. The van der Waals surface area contributed by atoms with Crippen molar-refractivity contribution < 1.29 is 4.74 Å². The second-order valence-electron chi connectivity index (χ2n) is 4.19. The quantitative estimate of drug-likeness (QED) is 0.690. The standard InChI is InChI=1S/C11H23NOS/c1-3-14-9-5-7-12-11(2)6-4-8-13-10-11/h12H,3-10H2,1-2H3. The fourth-order valence-electron chi connectivity index (χ4n) is 1.78. The highest BCUT2D eigenvalue weighted by atomic mass is 32.2. The zero-order chi connectivity index (χ0) is 10.3. The Morgan fingerprint density at radius 3 is 3.00 bits per heavy atom. The van der Waals surface area contributed by atoms with Crippen molar-refractivity contribution in [3.8, 4) is 0 Å². The molecule has 1 rings (SSSR count). The van der Waals surface area contributed by atoms with E-state index in [1.54, 1.807) is 0 Å². The van der Waals surface area contributed by atoms with Gasteiger partial charge in [-0.15, -0.1) is 0 Å². The van der Waals surface area contributed by atoms with Crippen molar-refractivity contribution in [3.05, 3.63) is 0 Å². The largest absolute Gasteiger partial charge is 0.380 e. The van der Waals surface area contributed by atoms with Crippen molar-refractivity contribution >= 4 is 11.8 Å². The highest BCUT2D eigenvalue weighted by Crippen LogP contribution is 2.18. The molecule has 1 unspecified atom stereocenters. The number of hydrogen-bond acceptors (Lipinski definition) is 3. The molecular weight excluding hydrogens is 194 g/mol. The van der Waals surface area contributed by atoms with Crippen LogP contribution in [-0.4, -0.2) is 36.8 Å². The van der Waals surface area contributed by atoms with Crippen LogP contribution in [0.4, 0.5) is 0 Å². The first kappa shape index (κ1) is 12.3. The van der Waals surface area contributed by atoms with Crippen LogP contribution >= 0.6 is 11.8 Å². The molecule has 1 saturated heterocycles. The van der Waals surface area contributed by atoms with Crippen LogP contribution in [0.15, 0.2) is 0 Å². The van der Waals surface area contributed by atoms with Crippen LogP contribution in [0.5, 0.6) is 0 Å². The summed E-state index contributed by atoms with van der Waals surface area (Å²) in [6.45, 7) is 7.46. The lowest BCUT2D eigenvalue weighted by Crippen LogP contribution is -2.49. The minimum atomic E-state index is 0.245. The number of hydrogen-bond donors (Lipinski definition) is 1. The van der Waals surface area contributed by atoms with Crippen molar-refractivity contribution in [1.82, 2.24) is 5.32 Å². The number of nitrogens with one attached hydrogen (secondary N) is 1. The predicted octanol–water partition coefficient (Wildman–Crippen LogP) is 2.29. The SMILES string of the molecule is CCSCCCNC1(C)CCCOC1. The number of rotatable bonds is 6. The monoisotopic (exact) mass is 217 g/mol. The lowest BCUT2D eigenvalue weighted by atomic mass is 9.95. The lowest BCUT2D eigenvalue weighted by Gasteiger charge is -2.34. The zero-order valence-corrected chi connectivity index (χ0v) is 10.3. The van der Waals surface area contributed by atoms with Crippen LogP contribution in [-0.2, 0) is 4.74 Å². The van der Waals surface area contributed by atoms with Gasteiger partial charge >= 0.3 is 0 Å². The molecule has 2 nitrogen and oxygen atoms in total. The van der Waals surface area contributed by atoms with Crippen molar-refractivity contribution in [2.45, 2.75) is 38.6 Å². The van der Waals surface area contributed by atoms with Gasteiger partial charge in [-0.05, 0) is 44.2 Å². The van der Waals surface area contributed by atoms with Gasteiger partial charge in [0.25, 0.3) is 0 Å². The first-order valence-electron chi connectivity index (χ1n) is 5.67. The lowest BCUT2D eigenvalue weighted by molar-refractivity contribution is 0.0288. The normalized spacial score (nSPS) is 27.9. The van der Waals surface area contributed by atoms with Crippen LogP contribution < -0.4 is 5.32 Å².